The van der Waals surface area contributed by atoms with Crippen LogP contribution in [0.25, 0.3) is 6.08 Å². The number of ether oxygens (including phenoxy) is 3. The Balaban J connectivity index is 1.54. The summed E-state index contributed by atoms with van der Waals surface area (Å²) in [4.78, 5) is 19.5. The third-order valence-electron chi connectivity index (χ3n) is 7.50. The molecule has 2 atom stereocenters. The van der Waals surface area contributed by atoms with Crippen molar-refractivity contribution in [2.45, 2.75) is 38.0 Å². The first-order valence-corrected chi connectivity index (χ1v) is 14.8. The van der Waals surface area contributed by atoms with Crippen LogP contribution in [0.4, 0.5) is 0 Å². The average molecular weight is 591 g/mol. The molecule has 4 aromatic carbocycles. The Morgan fingerprint density at radius 2 is 1.77 bits per heavy atom. The minimum atomic E-state index is -1.30. The van der Waals surface area contributed by atoms with Crippen LogP contribution < -0.4 is 14.8 Å². The molecule has 0 fully saturated rings. The number of carbonyl (C=O) groups is 1. The van der Waals surface area contributed by atoms with Crippen molar-refractivity contribution in [3.05, 3.63) is 137 Å². The highest BCUT2D eigenvalue weighted by molar-refractivity contribution is 6.01. The Labute approximate surface area is 258 Å². The molecule has 5 rings (SSSR count). The molecule has 1 aliphatic heterocycles. The van der Waals surface area contributed by atoms with E-state index in [1.54, 1.807) is 7.11 Å². The predicted octanol–water partition coefficient (Wildman–Crippen LogP) is 6.44. The summed E-state index contributed by atoms with van der Waals surface area (Å²) in [5, 5.41) is 12.2. The smallest absolute Gasteiger partial charge is 0.252 e. The number of hydrogen-bond donors (Lipinski definition) is 2. The van der Waals surface area contributed by atoms with Crippen molar-refractivity contribution in [2.24, 2.45) is 4.99 Å². The molecule has 7 heteroatoms. The second kappa shape index (κ2) is 14.5. The standard InChI is InChI=1S/C37H38N2O5/c1-27-10-6-13-29(24-27)26-38-36(41)37(21-8-14-28-11-4-3-5-12-28)34(31-15-7-16-33(25-31)42-2)44-35(39-37)30-17-19-32(20-18-30)43-23-9-22-40/h3-8,10-20,24-25,34,40H,9,21-23,26H2,1-2H3,(H,38,41)/b14-8+/t34-,37-/m1/s1. The van der Waals surface area contributed by atoms with Gasteiger partial charge in [0.25, 0.3) is 5.91 Å². The van der Waals surface area contributed by atoms with Crippen LogP contribution >= 0.6 is 0 Å². The van der Waals surface area contributed by atoms with E-state index in [9.17, 15) is 4.79 Å². The van der Waals surface area contributed by atoms with Gasteiger partial charge in [0, 0.05) is 31.6 Å². The van der Waals surface area contributed by atoms with E-state index in [0.717, 1.165) is 27.8 Å². The maximum absolute atomic E-state index is 14.4. The molecule has 0 radical (unpaired) electrons. The fourth-order valence-electron chi connectivity index (χ4n) is 5.22. The molecule has 0 aliphatic carbocycles. The van der Waals surface area contributed by atoms with Crippen LogP contribution in [0.1, 0.15) is 46.8 Å². The molecule has 1 amide bonds. The number of rotatable bonds is 13. The molecule has 0 unspecified atom stereocenters. The number of amides is 1. The van der Waals surface area contributed by atoms with Crippen molar-refractivity contribution in [3.63, 3.8) is 0 Å². The lowest BCUT2D eigenvalue weighted by Crippen LogP contribution is -2.47. The van der Waals surface area contributed by atoms with Gasteiger partial charge < -0.3 is 24.6 Å². The van der Waals surface area contributed by atoms with Gasteiger partial charge in [-0.3, -0.25) is 4.79 Å². The summed E-state index contributed by atoms with van der Waals surface area (Å²) in [6, 6.07) is 33.1. The van der Waals surface area contributed by atoms with Crippen LogP contribution in [-0.2, 0) is 16.1 Å². The lowest BCUT2D eigenvalue weighted by atomic mass is 9.84. The fraction of sp³-hybridized carbons (Fsp3) is 0.243. The van der Waals surface area contributed by atoms with Crippen molar-refractivity contribution in [1.82, 2.24) is 5.32 Å². The number of aryl methyl sites for hydroxylation is 1. The molecule has 0 spiro atoms. The maximum Gasteiger partial charge on any atom is 0.252 e. The fourth-order valence-corrected chi connectivity index (χ4v) is 5.22. The summed E-state index contributed by atoms with van der Waals surface area (Å²) in [7, 11) is 1.62. The Bertz CT molecular complexity index is 1600. The lowest BCUT2D eigenvalue weighted by molar-refractivity contribution is -0.129. The summed E-state index contributed by atoms with van der Waals surface area (Å²) in [6.45, 7) is 2.88. The number of aliphatic hydroxyl groups excluding tert-OH is 1. The first-order chi connectivity index (χ1) is 21.5. The summed E-state index contributed by atoms with van der Waals surface area (Å²) < 4.78 is 17.8. The van der Waals surface area contributed by atoms with Crippen LogP contribution in [0.2, 0.25) is 0 Å². The summed E-state index contributed by atoms with van der Waals surface area (Å²) >= 11 is 0. The SMILES string of the molecule is COc1cccc([C@H]2OC(c3ccc(OCCCO)cc3)=N[C@@]2(C/C=C/c2ccccc2)C(=O)NCc2cccc(C)c2)c1. The zero-order chi connectivity index (χ0) is 30.8. The van der Waals surface area contributed by atoms with Crippen LogP contribution in [0.3, 0.4) is 0 Å². The summed E-state index contributed by atoms with van der Waals surface area (Å²) in [6.07, 6.45) is 4.13. The number of nitrogens with one attached hydrogen (secondary N) is 1. The number of aliphatic hydroxyl groups is 1. The van der Waals surface area contributed by atoms with Crippen molar-refractivity contribution >= 4 is 17.9 Å². The van der Waals surface area contributed by atoms with Crippen molar-refractivity contribution in [3.8, 4) is 11.5 Å². The summed E-state index contributed by atoms with van der Waals surface area (Å²) in [5.74, 6) is 1.48. The quantitative estimate of drug-likeness (QED) is 0.175. The van der Waals surface area contributed by atoms with Gasteiger partial charge in [-0.1, -0.05) is 84.4 Å². The van der Waals surface area contributed by atoms with E-state index in [1.165, 1.54) is 0 Å². The second-order valence-corrected chi connectivity index (χ2v) is 10.8. The van der Waals surface area contributed by atoms with E-state index in [0.29, 0.717) is 43.4 Å². The molecule has 0 bridgehead atoms. The van der Waals surface area contributed by atoms with Gasteiger partial charge in [0.05, 0.1) is 13.7 Å². The Kier molecular flexibility index (Phi) is 10.1. The molecule has 2 N–H and O–H groups in total. The van der Waals surface area contributed by atoms with Crippen molar-refractivity contribution in [1.29, 1.82) is 0 Å². The second-order valence-electron chi connectivity index (χ2n) is 10.8. The highest BCUT2D eigenvalue weighted by Gasteiger charge is 2.52. The van der Waals surface area contributed by atoms with E-state index < -0.39 is 11.6 Å². The molecule has 4 aromatic rings. The van der Waals surface area contributed by atoms with E-state index in [1.807, 2.05) is 116 Å². The van der Waals surface area contributed by atoms with E-state index >= 15 is 0 Å². The minimum absolute atomic E-state index is 0.0706. The molecular weight excluding hydrogens is 552 g/mol. The number of carbonyl (C=O) groups excluding carboxylic acids is 1. The Hall–Kier alpha value is -4.88. The molecule has 7 nitrogen and oxygen atoms in total. The first-order valence-electron chi connectivity index (χ1n) is 14.8. The van der Waals surface area contributed by atoms with Crippen LogP contribution in [0, 0.1) is 6.92 Å². The largest absolute Gasteiger partial charge is 0.497 e. The monoisotopic (exact) mass is 590 g/mol. The van der Waals surface area contributed by atoms with Gasteiger partial charge in [0.1, 0.15) is 11.5 Å². The van der Waals surface area contributed by atoms with Gasteiger partial charge in [-0.25, -0.2) is 4.99 Å². The van der Waals surface area contributed by atoms with Crippen LogP contribution in [0.5, 0.6) is 11.5 Å². The van der Waals surface area contributed by atoms with Crippen molar-refractivity contribution < 1.29 is 24.1 Å². The Morgan fingerprint density at radius 3 is 2.52 bits per heavy atom. The molecule has 0 saturated carbocycles. The average Bonchev–Trinajstić information content (AvgIpc) is 3.45. The van der Waals surface area contributed by atoms with E-state index in [4.69, 9.17) is 24.3 Å². The molecule has 226 valence electrons. The van der Waals surface area contributed by atoms with Gasteiger partial charge in [-0.2, -0.15) is 0 Å². The van der Waals surface area contributed by atoms with Crippen molar-refractivity contribution in [2.75, 3.05) is 20.3 Å². The molecule has 44 heavy (non-hydrogen) atoms. The number of nitrogens with zero attached hydrogens (tertiary/aromatic N) is 1. The minimum Gasteiger partial charge on any atom is -0.497 e. The zero-order valence-corrected chi connectivity index (χ0v) is 25.1. The third kappa shape index (κ3) is 7.36. The normalized spacial score (nSPS) is 17.6. The maximum atomic E-state index is 14.4. The van der Waals surface area contributed by atoms with E-state index in [2.05, 4.69) is 11.4 Å². The topological polar surface area (TPSA) is 89.4 Å². The van der Waals surface area contributed by atoms with Gasteiger partial charge in [-0.15, -0.1) is 0 Å². The highest BCUT2D eigenvalue weighted by Crippen LogP contribution is 2.43. The van der Waals surface area contributed by atoms with Gasteiger partial charge in [-0.05, 0) is 60.0 Å². The molecule has 0 saturated heterocycles. The molecule has 1 aliphatic rings. The van der Waals surface area contributed by atoms with E-state index in [-0.39, 0.29) is 12.5 Å². The number of benzene rings is 4. The predicted molar refractivity (Wildman–Crippen MR) is 173 cm³/mol. The van der Waals surface area contributed by atoms with Gasteiger partial charge >= 0.3 is 0 Å². The lowest BCUT2D eigenvalue weighted by Gasteiger charge is -2.30. The number of aliphatic imine (C=N–C) groups is 1. The highest BCUT2D eigenvalue weighted by atomic mass is 16.5. The first kappa shape index (κ1) is 30.6. The number of hydrogen-bond acceptors (Lipinski definition) is 6. The van der Waals surface area contributed by atoms with Gasteiger partial charge in [0.2, 0.25) is 5.90 Å². The summed E-state index contributed by atoms with van der Waals surface area (Å²) in [5.41, 5.74) is 3.37. The van der Waals surface area contributed by atoms with Crippen LogP contribution in [0.15, 0.2) is 114 Å². The molecular formula is C37H38N2O5. The molecule has 0 aromatic heterocycles. The molecule has 1 heterocycles. The van der Waals surface area contributed by atoms with Crippen LogP contribution in [-0.4, -0.2) is 42.8 Å². The third-order valence-corrected chi connectivity index (χ3v) is 7.50. The number of methoxy groups -OCH3 is 1. The zero-order valence-electron chi connectivity index (χ0n) is 25.1. The Morgan fingerprint density at radius 1 is 0.977 bits per heavy atom. The van der Waals surface area contributed by atoms with Gasteiger partial charge in [0.15, 0.2) is 11.6 Å².